The van der Waals surface area contributed by atoms with Crippen LogP contribution in [0.3, 0.4) is 0 Å². The Hall–Kier alpha value is -2.04. The number of esters is 1. The Morgan fingerprint density at radius 1 is 1.57 bits per heavy atom. The molecule has 5 nitrogen and oxygen atoms in total. The zero-order valence-electron chi connectivity index (χ0n) is 7.60. The van der Waals surface area contributed by atoms with Crippen molar-refractivity contribution in [1.29, 1.82) is 0 Å². The molecule has 14 heavy (non-hydrogen) atoms. The van der Waals surface area contributed by atoms with Crippen LogP contribution in [0.2, 0.25) is 0 Å². The number of carbonyl (C=O) groups excluding carboxylic acids is 1. The molecule has 0 radical (unpaired) electrons. The van der Waals surface area contributed by atoms with Gasteiger partial charge in [0.05, 0.1) is 18.2 Å². The van der Waals surface area contributed by atoms with Crippen molar-refractivity contribution >= 4 is 17.3 Å². The summed E-state index contributed by atoms with van der Waals surface area (Å²) in [7, 11) is 1.34. The smallest absolute Gasteiger partial charge is 0.339 e. The highest BCUT2D eigenvalue weighted by molar-refractivity contribution is 5.89. The van der Waals surface area contributed by atoms with E-state index >= 15 is 0 Å². The van der Waals surface area contributed by atoms with Crippen LogP contribution < -0.4 is 5.73 Å². The molecular formula is C9H9N3O2. The van der Waals surface area contributed by atoms with Crippen LogP contribution in [-0.2, 0) is 4.74 Å². The van der Waals surface area contributed by atoms with Gasteiger partial charge in [-0.15, -0.1) is 0 Å². The molecule has 0 bridgehead atoms. The van der Waals surface area contributed by atoms with E-state index in [4.69, 9.17) is 5.73 Å². The van der Waals surface area contributed by atoms with Gasteiger partial charge in [-0.25, -0.2) is 9.78 Å². The van der Waals surface area contributed by atoms with Crippen molar-refractivity contribution in [2.24, 2.45) is 0 Å². The largest absolute Gasteiger partial charge is 0.465 e. The maximum Gasteiger partial charge on any atom is 0.339 e. The third-order valence-electron chi connectivity index (χ3n) is 1.98. The molecule has 0 unspecified atom stereocenters. The summed E-state index contributed by atoms with van der Waals surface area (Å²) in [6.07, 6.45) is 3.18. The number of nitrogens with two attached hydrogens (primary N) is 1. The van der Waals surface area contributed by atoms with Gasteiger partial charge in [0.25, 0.3) is 0 Å². The second-order valence-corrected chi connectivity index (χ2v) is 2.83. The maximum absolute atomic E-state index is 11.2. The van der Waals surface area contributed by atoms with Crippen molar-refractivity contribution in [3.05, 3.63) is 30.2 Å². The molecule has 0 amide bonds. The quantitative estimate of drug-likeness (QED) is 0.674. The van der Waals surface area contributed by atoms with Crippen LogP contribution in [-0.4, -0.2) is 22.5 Å². The van der Waals surface area contributed by atoms with Crippen molar-refractivity contribution in [2.75, 3.05) is 12.8 Å². The number of ether oxygens (including phenoxy) is 1. The lowest BCUT2D eigenvalue weighted by Gasteiger charge is -1.99. The van der Waals surface area contributed by atoms with Crippen LogP contribution in [0, 0.1) is 0 Å². The molecule has 2 aromatic rings. The molecule has 0 atom stereocenters. The third kappa shape index (κ3) is 1.19. The first-order chi connectivity index (χ1) is 6.72. The number of methoxy groups -OCH3 is 1. The van der Waals surface area contributed by atoms with Gasteiger partial charge in [0.1, 0.15) is 12.1 Å². The maximum atomic E-state index is 11.2. The number of hydrogen-bond acceptors (Lipinski definition) is 4. The van der Waals surface area contributed by atoms with E-state index in [2.05, 4.69) is 9.72 Å². The molecule has 2 N–H and O–H groups in total. The van der Waals surface area contributed by atoms with Crippen LogP contribution in [0.5, 0.6) is 0 Å². The van der Waals surface area contributed by atoms with E-state index in [0.717, 1.165) is 5.52 Å². The first kappa shape index (κ1) is 8.55. The number of carbonyl (C=O) groups is 1. The Kier molecular flexibility index (Phi) is 1.85. The van der Waals surface area contributed by atoms with E-state index in [1.807, 2.05) is 0 Å². The van der Waals surface area contributed by atoms with Crippen LogP contribution in [0.4, 0.5) is 5.82 Å². The molecule has 2 aromatic heterocycles. The summed E-state index contributed by atoms with van der Waals surface area (Å²) in [4.78, 5) is 15.1. The standard InChI is InChI=1S/C9H9N3O2/c1-14-9(13)6-2-3-7-8(10)11-5-12(7)4-6/h2-5H,10H2,1H3. The van der Waals surface area contributed by atoms with E-state index in [9.17, 15) is 4.79 Å². The minimum Gasteiger partial charge on any atom is -0.465 e. The first-order valence-corrected chi connectivity index (χ1v) is 4.03. The van der Waals surface area contributed by atoms with E-state index in [-0.39, 0.29) is 5.97 Å². The lowest BCUT2D eigenvalue weighted by molar-refractivity contribution is 0.0600. The summed E-state index contributed by atoms with van der Waals surface area (Å²) in [5, 5.41) is 0. The first-order valence-electron chi connectivity index (χ1n) is 4.03. The number of fused-ring (bicyclic) bond motifs is 1. The average Bonchev–Trinajstić information content (AvgIpc) is 2.59. The van der Waals surface area contributed by atoms with Crippen molar-refractivity contribution in [2.45, 2.75) is 0 Å². The predicted octanol–water partition coefficient (Wildman–Crippen LogP) is 0.703. The van der Waals surface area contributed by atoms with E-state index in [1.165, 1.54) is 7.11 Å². The zero-order valence-corrected chi connectivity index (χ0v) is 7.60. The Labute approximate surface area is 80.1 Å². The van der Waals surface area contributed by atoms with Gasteiger partial charge in [0.2, 0.25) is 0 Å². The minimum atomic E-state index is -0.376. The highest BCUT2D eigenvalue weighted by Gasteiger charge is 2.07. The number of pyridine rings is 1. The monoisotopic (exact) mass is 191 g/mol. The van der Waals surface area contributed by atoms with Gasteiger partial charge in [-0.2, -0.15) is 0 Å². The van der Waals surface area contributed by atoms with E-state index in [1.54, 1.807) is 29.1 Å². The molecule has 0 spiro atoms. The Morgan fingerprint density at radius 3 is 3.07 bits per heavy atom. The molecule has 2 heterocycles. The summed E-state index contributed by atoms with van der Waals surface area (Å²) < 4.78 is 6.27. The summed E-state index contributed by atoms with van der Waals surface area (Å²) >= 11 is 0. The SMILES string of the molecule is COC(=O)c1ccc2c(N)ncn2c1. The molecule has 5 heteroatoms. The van der Waals surface area contributed by atoms with Gasteiger partial charge in [-0.3, -0.25) is 0 Å². The lowest BCUT2D eigenvalue weighted by Crippen LogP contribution is -2.02. The molecule has 0 aliphatic carbocycles. The highest BCUT2D eigenvalue weighted by atomic mass is 16.5. The average molecular weight is 191 g/mol. The molecule has 0 saturated carbocycles. The summed E-state index contributed by atoms with van der Waals surface area (Å²) in [6, 6.07) is 3.38. The highest BCUT2D eigenvalue weighted by Crippen LogP contribution is 2.12. The van der Waals surface area contributed by atoms with Gasteiger partial charge >= 0.3 is 5.97 Å². The van der Waals surface area contributed by atoms with E-state index < -0.39 is 0 Å². The van der Waals surface area contributed by atoms with Gasteiger partial charge in [0, 0.05) is 6.20 Å². The normalized spacial score (nSPS) is 10.4. The third-order valence-corrected chi connectivity index (χ3v) is 1.98. The Morgan fingerprint density at radius 2 is 2.36 bits per heavy atom. The molecular weight excluding hydrogens is 182 g/mol. The van der Waals surface area contributed by atoms with Crippen molar-refractivity contribution in [1.82, 2.24) is 9.38 Å². The van der Waals surface area contributed by atoms with Crippen molar-refractivity contribution in [3.63, 3.8) is 0 Å². The van der Waals surface area contributed by atoms with E-state index in [0.29, 0.717) is 11.4 Å². The van der Waals surface area contributed by atoms with Crippen molar-refractivity contribution in [3.8, 4) is 0 Å². The van der Waals surface area contributed by atoms with Crippen LogP contribution in [0.25, 0.3) is 5.52 Å². The van der Waals surface area contributed by atoms with Gasteiger partial charge in [-0.05, 0) is 12.1 Å². The van der Waals surface area contributed by atoms with Crippen LogP contribution in [0.1, 0.15) is 10.4 Å². The number of anilines is 1. The molecule has 0 saturated heterocycles. The van der Waals surface area contributed by atoms with Crippen LogP contribution >= 0.6 is 0 Å². The molecule has 0 aliphatic heterocycles. The lowest BCUT2D eigenvalue weighted by atomic mass is 10.2. The second-order valence-electron chi connectivity index (χ2n) is 2.83. The fraction of sp³-hybridized carbons (Fsp3) is 0.111. The second kappa shape index (κ2) is 3.02. The predicted molar refractivity (Wildman–Crippen MR) is 50.9 cm³/mol. The summed E-state index contributed by atoms with van der Waals surface area (Å²) in [5.74, 6) is 0.0700. The van der Waals surface area contributed by atoms with Crippen LogP contribution in [0.15, 0.2) is 24.7 Å². The topological polar surface area (TPSA) is 69.6 Å². The molecule has 2 rings (SSSR count). The summed E-state index contributed by atoms with van der Waals surface area (Å²) in [6.45, 7) is 0. The number of nitrogens with zero attached hydrogens (tertiary/aromatic N) is 2. The number of rotatable bonds is 1. The number of aromatic nitrogens is 2. The summed E-state index contributed by atoms with van der Waals surface area (Å²) in [5.41, 5.74) is 6.83. The number of nitrogen functional groups attached to an aromatic ring is 1. The van der Waals surface area contributed by atoms with Gasteiger partial charge < -0.3 is 14.9 Å². The fourth-order valence-corrected chi connectivity index (χ4v) is 1.26. The molecule has 0 aromatic carbocycles. The molecule has 0 aliphatic rings. The number of hydrogen-bond donors (Lipinski definition) is 1. The number of imidazole rings is 1. The molecule has 0 fully saturated rings. The molecule has 72 valence electrons. The van der Waals surface area contributed by atoms with Crippen molar-refractivity contribution < 1.29 is 9.53 Å². The van der Waals surface area contributed by atoms with Gasteiger partial charge in [0.15, 0.2) is 0 Å². The minimum absolute atomic E-state index is 0.376. The fourth-order valence-electron chi connectivity index (χ4n) is 1.26. The Bertz CT molecular complexity index is 490. The Balaban J connectivity index is 2.57. The zero-order chi connectivity index (χ0) is 10.1. The van der Waals surface area contributed by atoms with Gasteiger partial charge in [-0.1, -0.05) is 0 Å².